The molecule has 7 nitrogen and oxygen atoms in total. The van der Waals surface area contributed by atoms with E-state index in [0.717, 1.165) is 25.1 Å². The zero-order valence-electron chi connectivity index (χ0n) is 13.8. The summed E-state index contributed by atoms with van der Waals surface area (Å²) in [4.78, 5) is 24.6. The maximum absolute atomic E-state index is 15.2. The summed E-state index contributed by atoms with van der Waals surface area (Å²) in [5.74, 6) is -2.34. The molecule has 0 amide bonds. The molecule has 2 fully saturated rings. The molecule has 138 valence electrons. The number of aliphatic hydroxyl groups is 1. The number of carboxylic acid groups (broad SMARTS) is 1. The lowest BCUT2D eigenvalue weighted by Crippen LogP contribution is -2.60. The van der Waals surface area contributed by atoms with Crippen molar-refractivity contribution in [2.24, 2.45) is 0 Å². The summed E-state index contributed by atoms with van der Waals surface area (Å²) >= 11 is 0. The average Bonchev–Trinajstić information content (AvgIpc) is 3.32. The summed E-state index contributed by atoms with van der Waals surface area (Å²) in [5.41, 5.74) is -2.30. The molecule has 1 aliphatic heterocycles. The van der Waals surface area contributed by atoms with E-state index in [0.29, 0.717) is 0 Å². The number of carbonyl (C=O) groups is 1. The zero-order chi connectivity index (χ0) is 18.8. The Morgan fingerprint density at radius 3 is 2.54 bits per heavy atom. The normalized spacial score (nSPS) is 18.7. The Hall–Kier alpha value is -2.68. The van der Waals surface area contributed by atoms with Crippen molar-refractivity contribution in [3.63, 3.8) is 0 Å². The second kappa shape index (κ2) is 5.41. The quantitative estimate of drug-likeness (QED) is 0.810. The summed E-state index contributed by atoms with van der Waals surface area (Å²) in [7, 11) is 0. The molecule has 2 aromatic rings. The van der Waals surface area contributed by atoms with E-state index in [9.17, 15) is 19.1 Å². The lowest BCUT2D eigenvalue weighted by atomic mass is 9.95. The van der Waals surface area contributed by atoms with Crippen LogP contribution in [0.5, 0.6) is 5.75 Å². The van der Waals surface area contributed by atoms with Crippen molar-refractivity contribution in [2.75, 3.05) is 18.0 Å². The molecular weight excluding hydrogens is 350 g/mol. The molecule has 0 spiro atoms. The van der Waals surface area contributed by atoms with E-state index in [1.807, 2.05) is 0 Å². The second-order valence-corrected chi connectivity index (χ2v) is 7.10. The highest BCUT2D eigenvalue weighted by Gasteiger charge is 2.40. The molecule has 0 radical (unpaired) electrons. The third kappa shape index (κ3) is 2.59. The molecular formula is C17H16F2N2O5. The van der Waals surface area contributed by atoms with E-state index in [4.69, 9.17) is 5.11 Å². The fourth-order valence-electron chi connectivity index (χ4n) is 3.44. The largest absolute Gasteiger partial charge is 0.511 e. The van der Waals surface area contributed by atoms with Crippen molar-refractivity contribution in [1.82, 2.24) is 4.57 Å². The van der Waals surface area contributed by atoms with Gasteiger partial charge in [0.1, 0.15) is 11.5 Å². The van der Waals surface area contributed by atoms with Crippen LogP contribution in [0.15, 0.2) is 17.1 Å². The third-order valence-electron chi connectivity index (χ3n) is 4.67. The topological polar surface area (TPSA) is 92.0 Å². The highest BCUT2D eigenvalue weighted by molar-refractivity contribution is 5.86. The van der Waals surface area contributed by atoms with Crippen LogP contribution in [0.25, 0.3) is 10.9 Å². The molecule has 9 heteroatoms. The molecule has 1 aromatic heterocycles. The number of aromatic nitrogens is 1. The van der Waals surface area contributed by atoms with Gasteiger partial charge in [0.25, 0.3) is 0 Å². The molecule has 0 unspecified atom stereocenters. The van der Waals surface area contributed by atoms with Crippen LogP contribution in [-0.2, 0) is 0 Å². The Labute approximate surface area is 146 Å². The highest BCUT2D eigenvalue weighted by atomic mass is 19.1. The molecule has 2 aliphatic rings. The Morgan fingerprint density at radius 2 is 2.00 bits per heavy atom. The number of fused-ring (bicyclic) bond motifs is 1. The number of ether oxygens (including phenoxy) is 1. The van der Waals surface area contributed by atoms with E-state index >= 15 is 4.39 Å². The van der Waals surface area contributed by atoms with Crippen LogP contribution in [0.3, 0.4) is 0 Å². The average molecular weight is 366 g/mol. The number of halogens is 2. The maximum atomic E-state index is 15.2. The first kappa shape index (κ1) is 16.8. The van der Waals surface area contributed by atoms with Gasteiger partial charge in [-0.3, -0.25) is 4.79 Å². The van der Waals surface area contributed by atoms with E-state index in [1.165, 1.54) is 9.47 Å². The predicted molar refractivity (Wildman–Crippen MR) is 87.9 cm³/mol. The molecule has 1 saturated carbocycles. The minimum Gasteiger partial charge on any atom is -0.449 e. The third-order valence-corrected chi connectivity index (χ3v) is 4.67. The number of anilines is 1. The summed E-state index contributed by atoms with van der Waals surface area (Å²) in [6.45, 7) is 1.70. The summed E-state index contributed by atoms with van der Waals surface area (Å²) < 4.78 is 35.7. The van der Waals surface area contributed by atoms with Crippen molar-refractivity contribution in [2.45, 2.75) is 31.4 Å². The van der Waals surface area contributed by atoms with Crippen molar-refractivity contribution >= 4 is 22.7 Å². The molecule has 1 aromatic carbocycles. The molecule has 2 heterocycles. The Morgan fingerprint density at radius 1 is 1.35 bits per heavy atom. The summed E-state index contributed by atoms with van der Waals surface area (Å²) in [5, 5.41) is 18.3. The van der Waals surface area contributed by atoms with Gasteiger partial charge in [-0.25, -0.2) is 13.6 Å². The minimum absolute atomic E-state index is 0.0697. The molecule has 1 saturated heterocycles. The molecule has 0 bridgehead atoms. The van der Waals surface area contributed by atoms with Gasteiger partial charge >= 0.3 is 6.16 Å². The number of hydrogen-bond donors (Lipinski definition) is 2. The standard InChI is InChI=1S/C17H16F2N2O5/c1-17(25)6-20(7-17)14-10(18)4-9-13(12(14)19)21(8-2-3-8)5-11(15(9)22)26-16(23)24/h4-5,8,25H,2-3,6-7H2,1H3,(H,23,24). The van der Waals surface area contributed by atoms with Crippen molar-refractivity contribution in [3.05, 3.63) is 34.1 Å². The summed E-state index contributed by atoms with van der Waals surface area (Å²) in [6, 6.07) is 0.790. The SMILES string of the molecule is CC1(O)CN(c2c(F)cc3c(=O)c(OC(=O)O)cn(C4CC4)c3c2F)C1. The number of hydrogen-bond acceptors (Lipinski definition) is 5. The molecule has 2 N–H and O–H groups in total. The van der Waals surface area contributed by atoms with Gasteiger partial charge in [0.2, 0.25) is 5.43 Å². The van der Waals surface area contributed by atoms with E-state index < -0.39 is 34.6 Å². The van der Waals surface area contributed by atoms with Gasteiger partial charge < -0.3 is 24.4 Å². The number of nitrogens with zero attached hydrogens (tertiary/aromatic N) is 2. The van der Waals surface area contributed by atoms with Gasteiger partial charge in [-0.1, -0.05) is 0 Å². The van der Waals surface area contributed by atoms with Crippen molar-refractivity contribution in [3.8, 4) is 5.75 Å². The lowest BCUT2D eigenvalue weighted by molar-refractivity contribution is 0.0302. The first-order chi connectivity index (χ1) is 12.2. The molecule has 0 atom stereocenters. The van der Waals surface area contributed by atoms with E-state index in [2.05, 4.69) is 4.74 Å². The second-order valence-electron chi connectivity index (χ2n) is 7.10. The minimum atomic E-state index is -1.68. The predicted octanol–water partition coefficient (Wildman–Crippen LogP) is 2.24. The van der Waals surface area contributed by atoms with Gasteiger partial charge in [0, 0.05) is 19.1 Å². The Bertz CT molecular complexity index is 989. The van der Waals surface area contributed by atoms with Crippen LogP contribution in [0.1, 0.15) is 25.8 Å². The monoisotopic (exact) mass is 366 g/mol. The van der Waals surface area contributed by atoms with Crippen LogP contribution < -0.4 is 15.1 Å². The fourth-order valence-corrected chi connectivity index (χ4v) is 3.44. The first-order valence-electron chi connectivity index (χ1n) is 8.13. The van der Waals surface area contributed by atoms with Crippen molar-refractivity contribution < 1.29 is 28.5 Å². The smallest absolute Gasteiger partial charge is 0.449 e. The molecule has 1 aliphatic carbocycles. The first-order valence-corrected chi connectivity index (χ1v) is 8.13. The van der Waals surface area contributed by atoms with Gasteiger partial charge in [-0.2, -0.15) is 0 Å². The number of benzene rings is 1. The maximum Gasteiger partial charge on any atom is 0.511 e. The highest BCUT2D eigenvalue weighted by Crippen LogP contribution is 2.41. The van der Waals surface area contributed by atoms with Crippen molar-refractivity contribution in [1.29, 1.82) is 0 Å². The molecule has 26 heavy (non-hydrogen) atoms. The van der Waals surface area contributed by atoms with Crippen LogP contribution in [0.2, 0.25) is 0 Å². The Balaban J connectivity index is 1.95. The van der Waals surface area contributed by atoms with Crippen LogP contribution in [-0.4, -0.2) is 39.6 Å². The van der Waals surface area contributed by atoms with Gasteiger partial charge in [0.05, 0.1) is 22.7 Å². The summed E-state index contributed by atoms with van der Waals surface area (Å²) in [6.07, 6.45) is 0.946. The van der Waals surface area contributed by atoms with Crippen LogP contribution >= 0.6 is 0 Å². The number of pyridine rings is 1. The Kier molecular flexibility index (Phi) is 3.49. The molecule has 4 rings (SSSR count). The van der Waals surface area contributed by atoms with E-state index in [-0.39, 0.29) is 35.7 Å². The van der Waals surface area contributed by atoms with Gasteiger partial charge in [-0.05, 0) is 25.8 Å². The van der Waals surface area contributed by atoms with Crippen LogP contribution in [0.4, 0.5) is 19.3 Å². The lowest BCUT2D eigenvalue weighted by Gasteiger charge is -2.45. The van der Waals surface area contributed by atoms with Gasteiger partial charge in [-0.15, -0.1) is 0 Å². The van der Waals surface area contributed by atoms with Gasteiger partial charge in [0.15, 0.2) is 11.6 Å². The number of β-amino-alcohol motifs (C(OH)–C–C–N with tert-alkyl or cyclic N) is 1. The van der Waals surface area contributed by atoms with Crippen LogP contribution in [0, 0.1) is 11.6 Å². The fraction of sp³-hybridized carbons (Fsp3) is 0.412. The zero-order valence-corrected chi connectivity index (χ0v) is 13.8. The number of rotatable bonds is 3. The van der Waals surface area contributed by atoms with E-state index in [1.54, 1.807) is 6.92 Å².